The van der Waals surface area contributed by atoms with Gasteiger partial charge in [-0.05, 0) is 12.1 Å². The van der Waals surface area contributed by atoms with E-state index in [0.717, 1.165) is 24.7 Å². The highest BCUT2D eigenvalue weighted by Gasteiger charge is 2.28. The zero-order chi connectivity index (χ0) is 14.8. The van der Waals surface area contributed by atoms with Gasteiger partial charge in [-0.15, -0.1) is 0 Å². The molecule has 2 aromatic heterocycles. The van der Waals surface area contributed by atoms with Crippen LogP contribution in [0.4, 0.5) is 5.82 Å². The van der Waals surface area contributed by atoms with Crippen molar-refractivity contribution < 1.29 is 0 Å². The molecule has 1 fully saturated rings. The molecule has 0 aliphatic carbocycles. The number of nitrogens with zero attached hydrogens (tertiary/aromatic N) is 5. The molecule has 0 atom stereocenters. The molecule has 1 aliphatic rings. The average molecular weight is 285 g/mol. The first kappa shape index (κ1) is 13.7. The summed E-state index contributed by atoms with van der Waals surface area (Å²) in [5.74, 6) is 2.61. The highest BCUT2D eigenvalue weighted by Crippen LogP contribution is 2.24. The summed E-state index contributed by atoms with van der Waals surface area (Å²) in [6.45, 7) is 6.64. The van der Waals surface area contributed by atoms with E-state index in [2.05, 4.69) is 33.8 Å². The van der Waals surface area contributed by atoms with Gasteiger partial charge in [0.05, 0.1) is 6.54 Å². The van der Waals surface area contributed by atoms with Crippen LogP contribution < -0.4 is 10.5 Å². The molecule has 0 saturated carbocycles. The van der Waals surface area contributed by atoms with Gasteiger partial charge in [0.2, 0.25) is 0 Å². The lowest BCUT2D eigenvalue weighted by atomic mass is 10.0. The van der Waals surface area contributed by atoms with Gasteiger partial charge in [-0.3, -0.25) is 4.79 Å². The van der Waals surface area contributed by atoms with Gasteiger partial charge >= 0.3 is 0 Å². The molecule has 0 unspecified atom stereocenters. The zero-order valence-corrected chi connectivity index (χ0v) is 12.3. The Hall–Kier alpha value is -2.24. The van der Waals surface area contributed by atoms with Gasteiger partial charge in [0, 0.05) is 43.4 Å². The van der Waals surface area contributed by atoms with E-state index in [9.17, 15) is 4.79 Å². The van der Waals surface area contributed by atoms with E-state index in [1.54, 1.807) is 18.3 Å². The Kier molecular flexibility index (Phi) is 3.68. The zero-order valence-electron chi connectivity index (χ0n) is 12.3. The van der Waals surface area contributed by atoms with Crippen molar-refractivity contribution in [3.05, 3.63) is 46.8 Å². The standard InChI is InChI=1S/C15H19N5O/c1-11(2)15-16-7-5-13(18-15)19-8-12(9-19)10-20-14(21)4-3-6-17-20/h3-7,11-12H,8-10H2,1-2H3. The van der Waals surface area contributed by atoms with E-state index >= 15 is 0 Å². The third-order valence-corrected chi connectivity index (χ3v) is 3.67. The molecule has 0 aromatic carbocycles. The van der Waals surface area contributed by atoms with Crippen LogP contribution in [-0.4, -0.2) is 32.8 Å². The second-order valence-corrected chi connectivity index (χ2v) is 5.74. The summed E-state index contributed by atoms with van der Waals surface area (Å²) >= 11 is 0. The minimum atomic E-state index is -0.0416. The molecule has 0 spiro atoms. The Balaban J connectivity index is 1.62. The van der Waals surface area contributed by atoms with Crippen molar-refractivity contribution in [2.24, 2.45) is 5.92 Å². The second kappa shape index (κ2) is 5.63. The van der Waals surface area contributed by atoms with E-state index in [1.165, 1.54) is 4.68 Å². The summed E-state index contributed by atoms with van der Waals surface area (Å²) in [4.78, 5) is 22.7. The molecule has 1 aliphatic heterocycles. The molecule has 110 valence electrons. The van der Waals surface area contributed by atoms with Crippen molar-refractivity contribution >= 4 is 5.82 Å². The topological polar surface area (TPSA) is 63.9 Å². The van der Waals surface area contributed by atoms with Crippen molar-refractivity contribution in [3.63, 3.8) is 0 Å². The molecule has 2 aromatic rings. The van der Waals surface area contributed by atoms with Gasteiger partial charge in [-0.1, -0.05) is 13.8 Å². The second-order valence-electron chi connectivity index (χ2n) is 5.74. The number of hydrogen-bond donors (Lipinski definition) is 0. The third-order valence-electron chi connectivity index (χ3n) is 3.67. The van der Waals surface area contributed by atoms with Crippen molar-refractivity contribution in [1.29, 1.82) is 0 Å². The molecular formula is C15H19N5O. The van der Waals surface area contributed by atoms with E-state index in [4.69, 9.17) is 0 Å². The molecule has 0 radical (unpaired) electrons. The highest BCUT2D eigenvalue weighted by molar-refractivity contribution is 5.41. The van der Waals surface area contributed by atoms with Crippen molar-refractivity contribution in [2.75, 3.05) is 18.0 Å². The summed E-state index contributed by atoms with van der Waals surface area (Å²) in [5.41, 5.74) is -0.0416. The van der Waals surface area contributed by atoms with E-state index in [1.807, 2.05) is 12.3 Å². The molecule has 6 nitrogen and oxygen atoms in total. The van der Waals surface area contributed by atoms with E-state index in [-0.39, 0.29) is 5.56 Å². The largest absolute Gasteiger partial charge is 0.356 e. The Morgan fingerprint density at radius 2 is 2.10 bits per heavy atom. The first-order chi connectivity index (χ1) is 10.1. The maximum absolute atomic E-state index is 11.6. The first-order valence-corrected chi connectivity index (χ1v) is 7.23. The van der Waals surface area contributed by atoms with Crippen LogP contribution in [0.25, 0.3) is 0 Å². The lowest BCUT2D eigenvalue weighted by Crippen LogP contribution is -2.50. The smallest absolute Gasteiger partial charge is 0.266 e. The van der Waals surface area contributed by atoms with Crippen LogP contribution >= 0.6 is 0 Å². The number of aromatic nitrogens is 4. The van der Waals surface area contributed by atoms with Gasteiger partial charge in [-0.25, -0.2) is 14.6 Å². The molecule has 1 saturated heterocycles. The maximum atomic E-state index is 11.6. The van der Waals surface area contributed by atoms with E-state index in [0.29, 0.717) is 18.4 Å². The minimum Gasteiger partial charge on any atom is -0.356 e. The average Bonchev–Trinajstić information content (AvgIpc) is 2.44. The molecule has 21 heavy (non-hydrogen) atoms. The molecular weight excluding hydrogens is 266 g/mol. The summed E-state index contributed by atoms with van der Waals surface area (Å²) in [6, 6.07) is 5.15. The van der Waals surface area contributed by atoms with Crippen molar-refractivity contribution in [2.45, 2.75) is 26.3 Å². The highest BCUT2D eigenvalue weighted by atomic mass is 16.1. The quantitative estimate of drug-likeness (QED) is 0.847. The molecule has 0 bridgehead atoms. The van der Waals surface area contributed by atoms with Gasteiger partial charge in [0.15, 0.2) is 0 Å². The molecule has 3 heterocycles. The van der Waals surface area contributed by atoms with Crippen LogP contribution in [0.3, 0.4) is 0 Å². The third kappa shape index (κ3) is 2.94. The summed E-state index contributed by atoms with van der Waals surface area (Å²) in [6.07, 6.45) is 3.46. The molecule has 0 amide bonds. The maximum Gasteiger partial charge on any atom is 0.266 e. The number of anilines is 1. The van der Waals surface area contributed by atoms with Crippen LogP contribution in [0, 0.1) is 5.92 Å². The fourth-order valence-electron chi connectivity index (χ4n) is 2.46. The lowest BCUT2D eigenvalue weighted by molar-refractivity contribution is 0.332. The molecule has 6 heteroatoms. The molecule has 0 N–H and O–H groups in total. The predicted octanol–water partition coefficient (Wildman–Crippen LogP) is 1.29. The Labute approximate surface area is 123 Å². The Bertz CT molecular complexity index is 676. The monoisotopic (exact) mass is 285 g/mol. The number of hydrogen-bond acceptors (Lipinski definition) is 5. The fraction of sp³-hybridized carbons (Fsp3) is 0.467. The van der Waals surface area contributed by atoms with Crippen LogP contribution in [0.5, 0.6) is 0 Å². The van der Waals surface area contributed by atoms with Crippen molar-refractivity contribution in [3.8, 4) is 0 Å². The summed E-state index contributed by atoms with van der Waals surface area (Å²) in [7, 11) is 0. The minimum absolute atomic E-state index is 0.0416. The SMILES string of the molecule is CC(C)c1nccc(N2CC(Cn3ncccc3=O)C2)n1. The lowest BCUT2D eigenvalue weighted by Gasteiger charge is -2.40. The van der Waals surface area contributed by atoms with Crippen LogP contribution in [-0.2, 0) is 6.54 Å². The van der Waals surface area contributed by atoms with Gasteiger partial charge in [-0.2, -0.15) is 5.10 Å². The van der Waals surface area contributed by atoms with Crippen molar-refractivity contribution in [1.82, 2.24) is 19.7 Å². The van der Waals surface area contributed by atoms with Crippen LogP contribution in [0.1, 0.15) is 25.6 Å². The van der Waals surface area contributed by atoms with Gasteiger partial charge < -0.3 is 4.90 Å². The first-order valence-electron chi connectivity index (χ1n) is 7.23. The fourth-order valence-corrected chi connectivity index (χ4v) is 2.46. The van der Waals surface area contributed by atoms with E-state index < -0.39 is 0 Å². The number of rotatable bonds is 4. The predicted molar refractivity (Wildman–Crippen MR) is 80.3 cm³/mol. The molecule has 3 rings (SSSR count). The Morgan fingerprint density at radius 1 is 1.29 bits per heavy atom. The normalized spacial score (nSPS) is 15.3. The van der Waals surface area contributed by atoms with Crippen LogP contribution in [0.2, 0.25) is 0 Å². The summed E-state index contributed by atoms with van der Waals surface area (Å²) in [5, 5.41) is 4.10. The van der Waals surface area contributed by atoms with Gasteiger partial charge in [0.25, 0.3) is 5.56 Å². The van der Waals surface area contributed by atoms with Gasteiger partial charge in [0.1, 0.15) is 11.6 Å². The summed E-state index contributed by atoms with van der Waals surface area (Å²) < 4.78 is 1.53. The Morgan fingerprint density at radius 3 is 2.81 bits per heavy atom. The van der Waals surface area contributed by atoms with Crippen LogP contribution in [0.15, 0.2) is 35.4 Å².